The van der Waals surface area contributed by atoms with Gasteiger partial charge in [0.2, 0.25) is 9.84 Å². The Bertz CT molecular complexity index is 1610. The van der Waals surface area contributed by atoms with Crippen molar-refractivity contribution in [2.24, 2.45) is 0 Å². The van der Waals surface area contributed by atoms with Gasteiger partial charge < -0.3 is 9.47 Å². The summed E-state index contributed by atoms with van der Waals surface area (Å²) in [4.78, 5) is 15.4. The molecule has 0 aliphatic carbocycles. The summed E-state index contributed by atoms with van der Waals surface area (Å²) in [7, 11) is -3.95. The van der Waals surface area contributed by atoms with Gasteiger partial charge in [0.25, 0.3) is 5.56 Å². The second-order valence-corrected chi connectivity index (χ2v) is 10.0. The first kappa shape index (κ1) is 22.6. The SMILES string of the molecule is CCn1c(=O)c(S(=O)(=O)c2ccccc2)cc2ccc(N(c3ccccc3)c3ccccc3)cc21. The number of nitrogens with zero attached hydrogens (tertiary/aromatic N) is 2. The number of anilines is 3. The number of aromatic nitrogens is 1. The summed E-state index contributed by atoms with van der Waals surface area (Å²) in [5, 5.41) is 0.686. The van der Waals surface area contributed by atoms with Crippen LogP contribution >= 0.6 is 0 Å². The van der Waals surface area contributed by atoms with Crippen LogP contribution in [0.15, 0.2) is 130 Å². The smallest absolute Gasteiger partial charge is 0.270 e. The summed E-state index contributed by atoms with van der Waals surface area (Å²) in [6.07, 6.45) is 0. The minimum absolute atomic E-state index is 0.107. The number of benzene rings is 4. The lowest BCUT2D eigenvalue weighted by atomic mass is 10.1. The number of pyridine rings is 1. The number of aryl methyl sites for hydroxylation is 1. The highest BCUT2D eigenvalue weighted by Crippen LogP contribution is 2.36. The molecule has 35 heavy (non-hydrogen) atoms. The average molecular weight is 481 g/mol. The largest absolute Gasteiger partial charge is 0.310 e. The maximum atomic E-state index is 13.4. The highest BCUT2D eigenvalue weighted by atomic mass is 32.2. The summed E-state index contributed by atoms with van der Waals surface area (Å²) in [5.41, 5.74) is 2.99. The van der Waals surface area contributed by atoms with Crippen molar-refractivity contribution in [3.8, 4) is 0 Å². The maximum Gasteiger partial charge on any atom is 0.270 e. The molecule has 0 fully saturated rings. The zero-order valence-corrected chi connectivity index (χ0v) is 20.0. The average Bonchev–Trinajstić information content (AvgIpc) is 2.90. The van der Waals surface area contributed by atoms with E-state index in [-0.39, 0.29) is 9.79 Å². The first-order valence-electron chi connectivity index (χ1n) is 11.4. The topological polar surface area (TPSA) is 59.4 Å². The monoisotopic (exact) mass is 480 g/mol. The lowest BCUT2D eigenvalue weighted by Crippen LogP contribution is -2.26. The normalized spacial score (nSPS) is 11.5. The second kappa shape index (κ2) is 9.24. The van der Waals surface area contributed by atoms with Crippen LogP contribution in [-0.4, -0.2) is 13.0 Å². The molecule has 0 radical (unpaired) electrons. The standard InChI is InChI=1S/C29H24N2O3S/c1-2-30-27-21-25(31(23-12-6-3-7-13-23)24-14-8-4-9-15-24)19-18-22(27)20-28(29(30)32)35(33,34)26-16-10-5-11-17-26/h3-21H,2H2,1H3. The van der Waals surface area contributed by atoms with Crippen molar-refractivity contribution in [3.63, 3.8) is 0 Å². The highest BCUT2D eigenvalue weighted by molar-refractivity contribution is 7.91. The van der Waals surface area contributed by atoms with E-state index in [0.29, 0.717) is 17.4 Å². The van der Waals surface area contributed by atoms with Crippen molar-refractivity contribution in [2.75, 3.05) is 4.90 Å². The fourth-order valence-corrected chi connectivity index (χ4v) is 5.70. The van der Waals surface area contributed by atoms with Crippen molar-refractivity contribution in [2.45, 2.75) is 23.3 Å². The van der Waals surface area contributed by atoms with Gasteiger partial charge in [-0.25, -0.2) is 8.42 Å². The third kappa shape index (κ3) is 4.13. The van der Waals surface area contributed by atoms with Crippen LogP contribution in [-0.2, 0) is 16.4 Å². The van der Waals surface area contributed by atoms with E-state index in [9.17, 15) is 13.2 Å². The van der Waals surface area contributed by atoms with E-state index in [0.717, 1.165) is 17.1 Å². The van der Waals surface area contributed by atoms with Gasteiger partial charge >= 0.3 is 0 Å². The van der Waals surface area contributed by atoms with Gasteiger partial charge in [0, 0.05) is 23.6 Å². The van der Waals surface area contributed by atoms with Crippen LogP contribution in [0, 0.1) is 0 Å². The van der Waals surface area contributed by atoms with Crippen LogP contribution < -0.4 is 10.5 Å². The van der Waals surface area contributed by atoms with Crippen LogP contribution in [0.2, 0.25) is 0 Å². The Labute approximate surface area is 204 Å². The number of sulfone groups is 1. The molecule has 0 atom stereocenters. The second-order valence-electron chi connectivity index (χ2n) is 8.12. The summed E-state index contributed by atoms with van der Waals surface area (Å²) < 4.78 is 28.1. The Morgan fingerprint density at radius 2 is 1.23 bits per heavy atom. The van der Waals surface area contributed by atoms with E-state index in [1.54, 1.807) is 18.2 Å². The first-order valence-corrected chi connectivity index (χ1v) is 12.9. The number of fused-ring (bicyclic) bond motifs is 1. The summed E-state index contributed by atoms with van der Waals surface area (Å²) in [5.74, 6) is 0. The van der Waals surface area contributed by atoms with E-state index in [1.807, 2.05) is 85.8 Å². The fraction of sp³-hybridized carbons (Fsp3) is 0.0690. The Balaban J connectivity index is 1.72. The molecule has 0 amide bonds. The Morgan fingerprint density at radius 3 is 1.77 bits per heavy atom. The van der Waals surface area contributed by atoms with Gasteiger partial charge in [0.15, 0.2) is 0 Å². The molecular weight excluding hydrogens is 456 g/mol. The molecule has 0 bridgehead atoms. The number of para-hydroxylation sites is 2. The van der Waals surface area contributed by atoms with Gasteiger partial charge in [-0.2, -0.15) is 0 Å². The Hall–Kier alpha value is -4.16. The van der Waals surface area contributed by atoms with Gasteiger partial charge in [-0.05, 0) is 66.9 Å². The predicted molar refractivity (Wildman–Crippen MR) is 140 cm³/mol. The maximum absolute atomic E-state index is 13.4. The molecule has 6 heteroatoms. The van der Waals surface area contributed by atoms with Gasteiger partial charge in [-0.3, -0.25) is 4.79 Å². The van der Waals surface area contributed by atoms with Crippen LogP contribution in [0.3, 0.4) is 0 Å². The van der Waals surface area contributed by atoms with Crippen molar-refractivity contribution in [1.29, 1.82) is 0 Å². The minimum atomic E-state index is -3.95. The molecule has 5 aromatic rings. The molecule has 1 aromatic heterocycles. The van der Waals surface area contributed by atoms with Crippen molar-refractivity contribution in [3.05, 3.63) is 126 Å². The lowest BCUT2D eigenvalue weighted by molar-refractivity contribution is 0.592. The van der Waals surface area contributed by atoms with E-state index >= 15 is 0 Å². The summed E-state index contributed by atoms with van der Waals surface area (Å²) >= 11 is 0. The molecule has 5 nitrogen and oxygen atoms in total. The van der Waals surface area contributed by atoms with Crippen LogP contribution in [0.5, 0.6) is 0 Å². The molecule has 0 aliphatic heterocycles. The van der Waals surface area contributed by atoms with Gasteiger partial charge in [0.05, 0.1) is 10.4 Å². The third-order valence-electron chi connectivity index (χ3n) is 5.99. The van der Waals surface area contributed by atoms with Crippen LogP contribution in [0.4, 0.5) is 17.1 Å². The summed E-state index contributed by atoms with van der Waals surface area (Å²) in [6.45, 7) is 2.19. The Morgan fingerprint density at radius 1 is 0.686 bits per heavy atom. The molecule has 5 rings (SSSR count). The fourth-order valence-electron chi connectivity index (χ4n) is 4.31. The molecule has 0 spiro atoms. The number of rotatable bonds is 6. The molecule has 0 N–H and O–H groups in total. The zero-order chi connectivity index (χ0) is 24.4. The highest BCUT2D eigenvalue weighted by Gasteiger charge is 2.24. The summed E-state index contributed by atoms with van der Waals surface area (Å²) in [6, 6.07) is 35.3. The van der Waals surface area contributed by atoms with Crippen molar-refractivity contribution < 1.29 is 8.42 Å². The minimum Gasteiger partial charge on any atom is -0.310 e. The Kier molecular flexibility index (Phi) is 5.97. The predicted octanol–water partition coefficient (Wildman–Crippen LogP) is 6.32. The molecule has 174 valence electrons. The van der Waals surface area contributed by atoms with Gasteiger partial charge in [-0.15, -0.1) is 0 Å². The van der Waals surface area contributed by atoms with Gasteiger partial charge in [-0.1, -0.05) is 60.7 Å². The number of hydrogen-bond donors (Lipinski definition) is 0. The number of hydrogen-bond acceptors (Lipinski definition) is 4. The lowest BCUT2D eigenvalue weighted by Gasteiger charge is -2.26. The molecule has 0 saturated carbocycles. The van der Waals surface area contributed by atoms with E-state index in [4.69, 9.17) is 0 Å². The van der Waals surface area contributed by atoms with Crippen molar-refractivity contribution >= 4 is 37.8 Å². The van der Waals surface area contributed by atoms with E-state index in [2.05, 4.69) is 4.90 Å². The third-order valence-corrected chi connectivity index (χ3v) is 7.76. The van der Waals surface area contributed by atoms with Crippen LogP contribution in [0.25, 0.3) is 10.9 Å². The molecule has 0 aliphatic rings. The quantitative estimate of drug-likeness (QED) is 0.285. The van der Waals surface area contributed by atoms with E-state index in [1.165, 1.54) is 22.8 Å². The van der Waals surface area contributed by atoms with E-state index < -0.39 is 15.4 Å². The molecular formula is C29H24N2O3S. The van der Waals surface area contributed by atoms with Crippen molar-refractivity contribution in [1.82, 2.24) is 4.57 Å². The molecule has 0 unspecified atom stereocenters. The zero-order valence-electron chi connectivity index (χ0n) is 19.2. The molecule has 0 saturated heterocycles. The van der Waals surface area contributed by atoms with Crippen LogP contribution in [0.1, 0.15) is 6.92 Å². The molecule has 1 heterocycles. The molecule has 4 aromatic carbocycles. The first-order chi connectivity index (χ1) is 17.0. The van der Waals surface area contributed by atoms with Gasteiger partial charge in [0.1, 0.15) is 4.90 Å².